The van der Waals surface area contributed by atoms with Crippen LogP contribution in [0, 0.1) is 6.92 Å². The number of rotatable bonds is 6. The molecular weight excluding hydrogens is 430 g/mol. The smallest absolute Gasteiger partial charge is 0.261 e. The third-order valence-electron chi connectivity index (χ3n) is 5.53. The number of benzene rings is 2. The molecule has 0 saturated heterocycles. The Kier molecular flexibility index (Phi) is 5.22. The van der Waals surface area contributed by atoms with E-state index in [1.54, 1.807) is 35.2 Å². The van der Waals surface area contributed by atoms with Crippen molar-refractivity contribution in [3.63, 3.8) is 0 Å². The van der Waals surface area contributed by atoms with Crippen molar-refractivity contribution in [1.29, 1.82) is 0 Å². The number of carbonyl (C=O) groups excluding carboxylic acids is 1. The maximum atomic E-state index is 13.1. The van der Waals surface area contributed by atoms with E-state index in [9.17, 15) is 9.59 Å². The lowest BCUT2D eigenvalue weighted by Gasteiger charge is -2.21. The summed E-state index contributed by atoms with van der Waals surface area (Å²) in [5, 5.41) is 9.30. The third kappa shape index (κ3) is 4.01. The number of nitrogens with zero attached hydrogens (tertiary/aromatic N) is 5. The van der Waals surface area contributed by atoms with Crippen LogP contribution in [0.4, 0.5) is 0 Å². The summed E-state index contributed by atoms with van der Waals surface area (Å²) in [7, 11) is 0. The molecule has 0 radical (unpaired) electrons. The molecule has 4 aromatic rings. The first-order chi connectivity index (χ1) is 15.5. The van der Waals surface area contributed by atoms with Crippen LogP contribution in [0.3, 0.4) is 0 Å². The van der Waals surface area contributed by atoms with Gasteiger partial charge in [0.15, 0.2) is 0 Å². The zero-order chi connectivity index (χ0) is 22.2. The van der Waals surface area contributed by atoms with E-state index in [-0.39, 0.29) is 30.6 Å². The van der Waals surface area contributed by atoms with Crippen molar-refractivity contribution in [3.8, 4) is 11.5 Å². The Morgan fingerprint density at radius 1 is 1.19 bits per heavy atom. The Labute approximate surface area is 188 Å². The molecule has 5 rings (SSSR count). The zero-order valence-electron chi connectivity index (χ0n) is 17.4. The molecule has 0 spiro atoms. The lowest BCUT2D eigenvalue weighted by molar-refractivity contribution is -0.133. The van der Waals surface area contributed by atoms with E-state index >= 15 is 0 Å². The molecule has 0 bridgehead atoms. The first kappa shape index (κ1) is 20.4. The van der Waals surface area contributed by atoms with Gasteiger partial charge in [0.2, 0.25) is 17.7 Å². The van der Waals surface area contributed by atoms with Crippen LogP contribution < -0.4 is 5.56 Å². The molecule has 2 aromatic carbocycles. The van der Waals surface area contributed by atoms with Gasteiger partial charge in [0, 0.05) is 16.6 Å². The first-order valence-corrected chi connectivity index (χ1v) is 10.7. The fourth-order valence-corrected chi connectivity index (χ4v) is 3.79. The molecule has 0 unspecified atom stereocenters. The number of hydrogen-bond acceptors (Lipinski definition) is 6. The minimum absolute atomic E-state index is 0.0929. The van der Waals surface area contributed by atoms with Crippen molar-refractivity contribution in [2.75, 3.05) is 0 Å². The second-order valence-corrected chi connectivity index (χ2v) is 8.35. The number of fused-ring (bicyclic) bond motifs is 1. The van der Waals surface area contributed by atoms with Crippen molar-refractivity contribution in [1.82, 2.24) is 24.6 Å². The van der Waals surface area contributed by atoms with Crippen LogP contribution in [-0.4, -0.2) is 36.6 Å². The van der Waals surface area contributed by atoms with Crippen LogP contribution in [0.2, 0.25) is 5.02 Å². The number of para-hydroxylation sites is 1. The summed E-state index contributed by atoms with van der Waals surface area (Å²) in [5.41, 5.74) is 2.10. The molecule has 1 aliphatic rings. The maximum Gasteiger partial charge on any atom is 0.261 e. The molecule has 2 aromatic heterocycles. The Hall–Kier alpha value is -3.52. The summed E-state index contributed by atoms with van der Waals surface area (Å²) in [5.74, 6) is 0.523. The highest BCUT2D eigenvalue weighted by Crippen LogP contribution is 2.29. The number of aryl methyl sites for hydroxylation is 1. The molecule has 0 aliphatic heterocycles. The molecule has 162 valence electrons. The van der Waals surface area contributed by atoms with Gasteiger partial charge in [-0.25, -0.2) is 4.98 Å². The average Bonchev–Trinajstić information content (AvgIpc) is 3.52. The molecule has 1 amide bonds. The van der Waals surface area contributed by atoms with Gasteiger partial charge in [0.1, 0.15) is 6.54 Å². The first-order valence-electron chi connectivity index (χ1n) is 10.3. The van der Waals surface area contributed by atoms with Crippen molar-refractivity contribution < 1.29 is 9.21 Å². The van der Waals surface area contributed by atoms with Gasteiger partial charge >= 0.3 is 0 Å². The maximum absolute atomic E-state index is 13.1. The van der Waals surface area contributed by atoms with Crippen molar-refractivity contribution in [3.05, 3.63) is 75.6 Å². The standard InChI is InChI=1S/C23H20ClN5O3/c1-14-3-2-4-18-21(14)25-13-28(23(18)31)12-20(30)29(17-9-10-17)11-19-26-27-22(32-19)15-5-7-16(24)8-6-15/h2-8,13,17H,9-12H2,1H3. The van der Waals surface area contributed by atoms with Gasteiger partial charge in [-0.2, -0.15) is 0 Å². The summed E-state index contributed by atoms with van der Waals surface area (Å²) in [6.07, 6.45) is 3.26. The summed E-state index contributed by atoms with van der Waals surface area (Å²) in [6.45, 7) is 2.01. The van der Waals surface area contributed by atoms with E-state index in [2.05, 4.69) is 15.2 Å². The van der Waals surface area contributed by atoms with Gasteiger partial charge in [0.25, 0.3) is 5.56 Å². The van der Waals surface area contributed by atoms with Crippen LogP contribution in [0.15, 0.2) is 58.0 Å². The zero-order valence-corrected chi connectivity index (χ0v) is 18.1. The van der Waals surface area contributed by atoms with Gasteiger partial charge in [-0.1, -0.05) is 23.7 Å². The van der Waals surface area contributed by atoms with Crippen molar-refractivity contribution in [2.24, 2.45) is 0 Å². The van der Waals surface area contributed by atoms with Gasteiger partial charge in [-0.3, -0.25) is 14.2 Å². The van der Waals surface area contributed by atoms with Crippen molar-refractivity contribution in [2.45, 2.75) is 38.9 Å². The third-order valence-corrected chi connectivity index (χ3v) is 5.78. The number of hydrogen-bond donors (Lipinski definition) is 0. The largest absolute Gasteiger partial charge is 0.419 e. The SMILES string of the molecule is Cc1cccc2c(=O)n(CC(=O)N(Cc3nnc(-c4ccc(Cl)cc4)o3)C3CC3)cnc12. The molecule has 1 aliphatic carbocycles. The Morgan fingerprint density at radius 2 is 1.97 bits per heavy atom. The molecule has 8 nitrogen and oxygen atoms in total. The van der Waals surface area contributed by atoms with E-state index < -0.39 is 0 Å². The number of halogens is 1. The quantitative estimate of drug-likeness (QED) is 0.446. The van der Waals surface area contributed by atoms with E-state index in [4.69, 9.17) is 16.0 Å². The minimum atomic E-state index is -0.231. The molecule has 1 fully saturated rings. The van der Waals surface area contributed by atoms with E-state index in [1.807, 2.05) is 19.1 Å². The van der Waals surface area contributed by atoms with Crippen LogP contribution in [0.1, 0.15) is 24.3 Å². The molecule has 1 saturated carbocycles. The minimum Gasteiger partial charge on any atom is -0.419 e. The van der Waals surface area contributed by atoms with Crippen LogP contribution in [0.25, 0.3) is 22.4 Å². The van der Waals surface area contributed by atoms with E-state index in [0.29, 0.717) is 27.7 Å². The lowest BCUT2D eigenvalue weighted by Crippen LogP contribution is -2.37. The van der Waals surface area contributed by atoms with Gasteiger partial charge in [-0.05, 0) is 55.7 Å². The second kappa shape index (κ2) is 8.20. The number of aromatic nitrogens is 4. The second-order valence-electron chi connectivity index (χ2n) is 7.91. The van der Waals surface area contributed by atoms with Gasteiger partial charge < -0.3 is 9.32 Å². The highest BCUT2D eigenvalue weighted by atomic mass is 35.5. The van der Waals surface area contributed by atoms with E-state index in [1.165, 1.54) is 10.9 Å². The Morgan fingerprint density at radius 3 is 2.72 bits per heavy atom. The molecular formula is C23H20ClN5O3. The monoisotopic (exact) mass is 449 g/mol. The fourth-order valence-electron chi connectivity index (χ4n) is 3.67. The fraction of sp³-hybridized carbons (Fsp3) is 0.261. The summed E-state index contributed by atoms with van der Waals surface area (Å²) in [4.78, 5) is 32.1. The van der Waals surface area contributed by atoms with Gasteiger partial charge in [-0.15, -0.1) is 10.2 Å². The highest BCUT2D eigenvalue weighted by Gasteiger charge is 2.34. The molecule has 9 heteroatoms. The molecule has 0 N–H and O–H groups in total. The predicted molar refractivity (Wildman–Crippen MR) is 119 cm³/mol. The van der Waals surface area contributed by atoms with Crippen LogP contribution in [-0.2, 0) is 17.9 Å². The van der Waals surface area contributed by atoms with Crippen LogP contribution >= 0.6 is 11.6 Å². The predicted octanol–water partition coefficient (Wildman–Crippen LogP) is 3.60. The summed E-state index contributed by atoms with van der Waals surface area (Å²) >= 11 is 5.93. The number of carbonyl (C=O) groups is 1. The van der Waals surface area contributed by atoms with Gasteiger partial charge in [0.05, 0.1) is 23.8 Å². The van der Waals surface area contributed by atoms with E-state index in [0.717, 1.165) is 24.0 Å². The van der Waals surface area contributed by atoms with Crippen molar-refractivity contribution >= 4 is 28.4 Å². The molecule has 32 heavy (non-hydrogen) atoms. The summed E-state index contributed by atoms with van der Waals surface area (Å²) < 4.78 is 7.13. The molecule has 2 heterocycles. The van der Waals surface area contributed by atoms with Crippen LogP contribution in [0.5, 0.6) is 0 Å². The highest BCUT2D eigenvalue weighted by molar-refractivity contribution is 6.30. The Balaban J connectivity index is 1.35. The lowest BCUT2D eigenvalue weighted by atomic mass is 10.1. The summed E-state index contributed by atoms with van der Waals surface area (Å²) in [6, 6.07) is 12.6. The number of amides is 1. The Bertz CT molecular complexity index is 1360. The molecule has 0 atom stereocenters. The topological polar surface area (TPSA) is 94.1 Å². The normalized spacial score (nSPS) is 13.4. The average molecular weight is 450 g/mol.